The summed E-state index contributed by atoms with van der Waals surface area (Å²) < 4.78 is 25.4. The summed E-state index contributed by atoms with van der Waals surface area (Å²) in [5.74, 6) is 0.0847. The van der Waals surface area contributed by atoms with Crippen molar-refractivity contribution in [2.75, 3.05) is 13.1 Å². The Morgan fingerprint density at radius 1 is 1.47 bits per heavy atom. The molecule has 1 aromatic rings. The van der Waals surface area contributed by atoms with Gasteiger partial charge in [-0.25, -0.2) is 8.78 Å². The first-order valence-corrected chi connectivity index (χ1v) is 5.95. The monoisotopic (exact) mass is 232 g/mol. The Hall–Kier alpha value is -0.520. The van der Waals surface area contributed by atoms with Gasteiger partial charge in [0.15, 0.2) is 0 Å². The Morgan fingerprint density at radius 3 is 2.93 bits per heavy atom. The standard InChI is InChI=1S/C10H14F2N2S/c11-10(12)8-5-15-4-7(8)6-1-2-14-3-9(6)13/h4-6,9-10,14H,1-3,13H2. The van der Waals surface area contributed by atoms with E-state index in [1.165, 1.54) is 16.7 Å². The molecule has 0 aromatic carbocycles. The maximum Gasteiger partial charge on any atom is 0.264 e. The van der Waals surface area contributed by atoms with E-state index in [9.17, 15) is 8.78 Å². The molecule has 2 heterocycles. The van der Waals surface area contributed by atoms with E-state index in [1.807, 2.05) is 5.38 Å². The third-order valence-electron chi connectivity index (χ3n) is 2.89. The van der Waals surface area contributed by atoms with Crippen LogP contribution in [0.1, 0.15) is 29.9 Å². The summed E-state index contributed by atoms with van der Waals surface area (Å²) in [6.45, 7) is 1.57. The third-order valence-corrected chi connectivity index (χ3v) is 3.67. The van der Waals surface area contributed by atoms with Crippen molar-refractivity contribution >= 4 is 11.3 Å². The molecule has 15 heavy (non-hydrogen) atoms. The van der Waals surface area contributed by atoms with Crippen molar-refractivity contribution in [3.05, 3.63) is 21.9 Å². The van der Waals surface area contributed by atoms with Crippen LogP contribution in [0.4, 0.5) is 8.78 Å². The van der Waals surface area contributed by atoms with Gasteiger partial charge in [0, 0.05) is 24.1 Å². The lowest BCUT2D eigenvalue weighted by Gasteiger charge is -2.29. The molecule has 84 valence electrons. The molecule has 0 bridgehead atoms. The molecule has 2 atom stereocenters. The lowest BCUT2D eigenvalue weighted by Crippen LogP contribution is -2.44. The molecular weight excluding hydrogens is 218 g/mol. The fraction of sp³-hybridized carbons (Fsp3) is 0.600. The topological polar surface area (TPSA) is 38.0 Å². The van der Waals surface area contributed by atoms with Gasteiger partial charge in [0.1, 0.15) is 0 Å². The number of hydrogen-bond acceptors (Lipinski definition) is 3. The zero-order chi connectivity index (χ0) is 10.8. The van der Waals surface area contributed by atoms with E-state index in [4.69, 9.17) is 5.73 Å². The molecule has 0 spiro atoms. The first-order chi connectivity index (χ1) is 7.20. The molecule has 0 aliphatic carbocycles. The van der Waals surface area contributed by atoms with Crippen LogP contribution in [0.5, 0.6) is 0 Å². The Kier molecular flexibility index (Phi) is 3.33. The van der Waals surface area contributed by atoms with Gasteiger partial charge in [0.05, 0.1) is 0 Å². The van der Waals surface area contributed by atoms with Gasteiger partial charge in [-0.2, -0.15) is 11.3 Å². The Balaban J connectivity index is 2.23. The average Bonchev–Trinajstić information content (AvgIpc) is 2.67. The molecule has 1 aliphatic heterocycles. The Bertz CT molecular complexity index is 327. The van der Waals surface area contributed by atoms with Crippen LogP contribution in [0.25, 0.3) is 0 Å². The SMILES string of the molecule is NC1CNCCC1c1cscc1C(F)F. The number of thiophene rings is 1. The highest BCUT2D eigenvalue weighted by atomic mass is 32.1. The van der Waals surface area contributed by atoms with Crippen LogP contribution in [0.15, 0.2) is 10.8 Å². The first kappa shape index (κ1) is 11.0. The number of rotatable bonds is 2. The van der Waals surface area contributed by atoms with Crippen molar-refractivity contribution in [3.8, 4) is 0 Å². The molecule has 0 radical (unpaired) electrons. The average molecular weight is 232 g/mol. The second kappa shape index (κ2) is 4.55. The second-order valence-corrected chi connectivity index (χ2v) is 4.59. The van der Waals surface area contributed by atoms with Crippen LogP contribution in [0.3, 0.4) is 0 Å². The molecule has 2 unspecified atom stereocenters. The fourth-order valence-corrected chi connectivity index (χ4v) is 2.98. The quantitative estimate of drug-likeness (QED) is 0.819. The summed E-state index contributed by atoms with van der Waals surface area (Å²) in [5.41, 5.74) is 6.86. The normalized spacial score (nSPS) is 27.2. The zero-order valence-corrected chi connectivity index (χ0v) is 9.07. The highest BCUT2D eigenvalue weighted by molar-refractivity contribution is 7.08. The van der Waals surface area contributed by atoms with Crippen LogP contribution in [-0.4, -0.2) is 19.1 Å². The van der Waals surface area contributed by atoms with Gasteiger partial charge in [-0.1, -0.05) is 0 Å². The minimum absolute atomic E-state index is 0.0501. The molecule has 0 amide bonds. The Morgan fingerprint density at radius 2 is 2.27 bits per heavy atom. The maximum absolute atomic E-state index is 12.7. The molecule has 1 aromatic heterocycles. The molecule has 1 fully saturated rings. The summed E-state index contributed by atoms with van der Waals surface area (Å²) in [7, 11) is 0. The molecule has 1 aliphatic rings. The van der Waals surface area contributed by atoms with Crippen LogP contribution >= 0.6 is 11.3 Å². The van der Waals surface area contributed by atoms with Gasteiger partial charge < -0.3 is 11.1 Å². The highest BCUT2D eigenvalue weighted by Crippen LogP contribution is 2.35. The van der Waals surface area contributed by atoms with E-state index in [-0.39, 0.29) is 17.5 Å². The van der Waals surface area contributed by atoms with E-state index in [1.54, 1.807) is 0 Å². The highest BCUT2D eigenvalue weighted by Gasteiger charge is 2.27. The number of nitrogens with one attached hydrogen (secondary N) is 1. The molecule has 2 nitrogen and oxygen atoms in total. The van der Waals surface area contributed by atoms with Crippen LogP contribution in [-0.2, 0) is 0 Å². The van der Waals surface area contributed by atoms with Crippen molar-refractivity contribution in [1.82, 2.24) is 5.32 Å². The van der Waals surface area contributed by atoms with Gasteiger partial charge in [-0.15, -0.1) is 0 Å². The lowest BCUT2D eigenvalue weighted by atomic mass is 9.86. The minimum Gasteiger partial charge on any atom is -0.326 e. The first-order valence-electron chi connectivity index (χ1n) is 5.00. The molecular formula is C10H14F2N2S. The summed E-state index contributed by atoms with van der Waals surface area (Å²) >= 11 is 1.33. The van der Waals surface area contributed by atoms with E-state index in [2.05, 4.69) is 5.32 Å². The predicted octanol–water partition coefficient (Wildman–Crippen LogP) is 2.09. The van der Waals surface area contributed by atoms with Gasteiger partial charge in [0.2, 0.25) is 0 Å². The van der Waals surface area contributed by atoms with Crippen molar-refractivity contribution in [3.63, 3.8) is 0 Å². The molecule has 5 heteroatoms. The van der Waals surface area contributed by atoms with E-state index in [0.717, 1.165) is 18.5 Å². The number of halogens is 2. The molecule has 0 saturated carbocycles. The van der Waals surface area contributed by atoms with E-state index in [0.29, 0.717) is 6.54 Å². The zero-order valence-electron chi connectivity index (χ0n) is 8.25. The van der Waals surface area contributed by atoms with Crippen molar-refractivity contribution in [2.45, 2.75) is 24.8 Å². The summed E-state index contributed by atoms with van der Waals surface area (Å²) in [4.78, 5) is 0. The van der Waals surface area contributed by atoms with Gasteiger partial charge in [-0.05, 0) is 29.3 Å². The third kappa shape index (κ3) is 2.19. The van der Waals surface area contributed by atoms with E-state index >= 15 is 0 Å². The van der Waals surface area contributed by atoms with Crippen molar-refractivity contribution in [1.29, 1.82) is 0 Å². The maximum atomic E-state index is 12.7. The van der Waals surface area contributed by atoms with Crippen LogP contribution < -0.4 is 11.1 Å². The number of piperidine rings is 1. The minimum atomic E-state index is -2.38. The predicted molar refractivity (Wildman–Crippen MR) is 57.5 cm³/mol. The number of hydrogen-bond donors (Lipinski definition) is 2. The lowest BCUT2D eigenvalue weighted by molar-refractivity contribution is 0.149. The fourth-order valence-electron chi connectivity index (χ4n) is 2.06. The Labute approximate surface area is 91.5 Å². The van der Waals surface area contributed by atoms with Gasteiger partial charge in [-0.3, -0.25) is 0 Å². The largest absolute Gasteiger partial charge is 0.326 e. The van der Waals surface area contributed by atoms with E-state index < -0.39 is 6.43 Å². The number of alkyl halides is 2. The second-order valence-electron chi connectivity index (χ2n) is 3.85. The smallest absolute Gasteiger partial charge is 0.264 e. The van der Waals surface area contributed by atoms with Gasteiger partial charge in [0.25, 0.3) is 6.43 Å². The summed E-state index contributed by atoms with van der Waals surface area (Å²) in [5, 5.41) is 6.52. The summed E-state index contributed by atoms with van der Waals surface area (Å²) in [6.07, 6.45) is -1.54. The van der Waals surface area contributed by atoms with Crippen LogP contribution in [0, 0.1) is 0 Å². The molecule has 1 saturated heterocycles. The molecule has 2 rings (SSSR count). The van der Waals surface area contributed by atoms with Crippen molar-refractivity contribution in [2.24, 2.45) is 5.73 Å². The van der Waals surface area contributed by atoms with Crippen LogP contribution in [0.2, 0.25) is 0 Å². The summed E-state index contributed by atoms with van der Waals surface area (Å²) in [6, 6.07) is -0.0501. The number of nitrogens with two attached hydrogens (primary N) is 1. The van der Waals surface area contributed by atoms with Gasteiger partial charge >= 0.3 is 0 Å². The van der Waals surface area contributed by atoms with Crippen molar-refractivity contribution < 1.29 is 8.78 Å². The molecule has 3 N–H and O–H groups in total.